The second-order valence-corrected chi connectivity index (χ2v) is 8.55. The molecule has 1 saturated heterocycles. The van der Waals surface area contributed by atoms with Crippen LogP contribution in [0, 0.1) is 0 Å². The zero-order valence-corrected chi connectivity index (χ0v) is 13.2. The molecule has 0 aliphatic carbocycles. The van der Waals surface area contributed by atoms with E-state index in [0.29, 0.717) is 11.5 Å². The summed E-state index contributed by atoms with van der Waals surface area (Å²) in [5, 5.41) is 3.31. The van der Waals surface area contributed by atoms with Gasteiger partial charge in [-0.1, -0.05) is 12.1 Å². The third-order valence-corrected chi connectivity index (χ3v) is 6.66. The zero-order chi connectivity index (χ0) is 13.0. The van der Waals surface area contributed by atoms with Gasteiger partial charge >= 0.3 is 0 Å². The van der Waals surface area contributed by atoms with Crippen molar-refractivity contribution in [3.05, 3.63) is 28.7 Å². The molecule has 0 saturated carbocycles. The minimum Gasteiger partial charge on any atom is -0.312 e. The van der Waals surface area contributed by atoms with Crippen LogP contribution in [0.4, 0.5) is 0 Å². The van der Waals surface area contributed by atoms with Gasteiger partial charge in [0.2, 0.25) is 0 Å². The molecule has 0 spiro atoms. The van der Waals surface area contributed by atoms with Crippen molar-refractivity contribution in [2.75, 3.05) is 23.8 Å². The molecule has 1 heterocycles. The number of benzene rings is 1. The first-order valence-electron chi connectivity index (χ1n) is 5.88. The second kappa shape index (κ2) is 6.41. The van der Waals surface area contributed by atoms with Crippen LogP contribution in [0.3, 0.4) is 0 Å². The summed E-state index contributed by atoms with van der Waals surface area (Å²) in [5.41, 5.74) is 0. The smallest absolute Gasteiger partial charge is 0.151 e. The highest BCUT2D eigenvalue weighted by molar-refractivity contribution is 9.10. The monoisotopic (exact) mass is 349 g/mol. The molecule has 18 heavy (non-hydrogen) atoms. The summed E-state index contributed by atoms with van der Waals surface area (Å²) < 4.78 is 23.7. The van der Waals surface area contributed by atoms with E-state index >= 15 is 0 Å². The van der Waals surface area contributed by atoms with Gasteiger partial charge in [0.1, 0.15) is 0 Å². The van der Waals surface area contributed by atoms with Gasteiger partial charge < -0.3 is 5.32 Å². The number of hydrogen-bond acceptors (Lipinski definition) is 4. The van der Waals surface area contributed by atoms with Crippen molar-refractivity contribution in [1.29, 1.82) is 0 Å². The van der Waals surface area contributed by atoms with E-state index in [0.717, 1.165) is 23.2 Å². The maximum absolute atomic E-state index is 11.3. The van der Waals surface area contributed by atoms with E-state index < -0.39 is 9.84 Å². The van der Waals surface area contributed by atoms with Crippen LogP contribution in [0.5, 0.6) is 0 Å². The maximum Gasteiger partial charge on any atom is 0.151 e. The van der Waals surface area contributed by atoms with E-state index in [9.17, 15) is 8.42 Å². The fourth-order valence-corrected chi connectivity index (χ4v) is 5.10. The summed E-state index contributed by atoms with van der Waals surface area (Å²) in [6.07, 6.45) is 0.752. The van der Waals surface area contributed by atoms with Gasteiger partial charge in [-0.2, -0.15) is 0 Å². The maximum atomic E-state index is 11.3. The fourth-order valence-electron chi connectivity index (χ4n) is 1.94. The van der Waals surface area contributed by atoms with Gasteiger partial charge in [0.05, 0.1) is 11.5 Å². The Morgan fingerprint density at radius 1 is 1.39 bits per heavy atom. The van der Waals surface area contributed by atoms with E-state index in [1.165, 1.54) is 4.90 Å². The van der Waals surface area contributed by atoms with Crippen LogP contribution in [0.2, 0.25) is 0 Å². The largest absolute Gasteiger partial charge is 0.312 e. The fraction of sp³-hybridized carbons (Fsp3) is 0.500. The summed E-state index contributed by atoms with van der Waals surface area (Å²) >= 11 is 5.28. The summed E-state index contributed by atoms with van der Waals surface area (Å²) in [5.74, 6) is 1.58. The molecule has 1 atom stereocenters. The second-order valence-electron chi connectivity index (χ2n) is 4.33. The number of halogens is 1. The van der Waals surface area contributed by atoms with Crippen molar-refractivity contribution in [2.24, 2.45) is 0 Å². The van der Waals surface area contributed by atoms with Gasteiger partial charge in [0, 0.05) is 27.7 Å². The third-order valence-electron chi connectivity index (χ3n) is 2.86. The minimum atomic E-state index is -2.77. The average Bonchev–Trinajstić information content (AvgIpc) is 2.67. The number of thioether (sulfide) groups is 1. The molecule has 0 radical (unpaired) electrons. The Balaban J connectivity index is 1.70. The molecule has 0 bridgehead atoms. The Bertz CT molecular complexity index is 505. The van der Waals surface area contributed by atoms with Gasteiger partial charge in [-0.25, -0.2) is 8.42 Å². The average molecular weight is 350 g/mol. The lowest BCUT2D eigenvalue weighted by atomic mass is 10.3. The van der Waals surface area contributed by atoms with Crippen molar-refractivity contribution in [3.63, 3.8) is 0 Å². The molecule has 3 nitrogen and oxygen atoms in total. The molecule has 6 heteroatoms. The molecule has 0 aromatic heterocycles. The highest BCUT2D eigenvalue weighted by atomic mass is 79.9. The van der Waals surface area contributed by atoms with E-state index in [-0.39, 0.29) is 6.04 Å². The summed E-state index contributed by atoms with van der Waals surface area (Å²) in [6, 6.07) is 8.27. The molecule has 1 N–H and O–H groups in total. The SMILES string of the molecule is O=S1(=O)CCC(NCCSc2ccccc2Br)C1. The van der Waals surface area contributed by atoms with Crippen molar-refractivity contribution >= 4 is 37.5 Å². The minimum absolute atomic E-state index is 0.148. The summed E-state index contributed by atoms with van der Waals surface area (Å²) in [4.78, 5) is 1.22. The van der Waals surface area contributed by atoms with Gasteiger partial charge in [0.15, 0.2) is 9.84 Å². The molecule has 1 aliphatic rings. The number of nitrogens with one attached hydrogen (secondary N) is 1. The molecule has 0 amide bonds. The van der Waals surface area contributed by atoms with Crippen LogP contribution in [0.15, 0.2) is 33.6 Å². The van der Waals surface area contributed by atoms with Crippen LogP contribution in [0.1, 0.15) is 6.42 Å². The first-order valence-corrected chi connectivity index (χ1v) is 9.48. The zero-order valence-electron chi connectivity index (χ0n) is 9.93. The van der Waals surface area contributed by atoms with Crippen molar-refractivity contribution < 1.29 is 8.42 Å². The van der Waals surface area contributed by atoms with Crippen molar-refractivity contribution in [3.8, 4) is 0 Å². The highest BCUT2D eigenvalue weighted by Gasteiger charge is 2.26. The van der Waals surface area contributed by atoms with Gasteiger partial charge in [-0.05, 0) is 34.5 Å². The lowest BCUT2D eigenvalue weighted by Gasteiger charge is -2.10. The molecule has 1 aromatic rings. The standard InChI is InChI=1S/C12H16BrNO2S2/c13-11-3-1-2-4-12(11)17-7-6-14-10-5-8-18(15,16)9-10/h1-4,10,14H,5-9H2. The van der Waals surface area contributed by atoms with Crippen LogP contribution >= 0.6 is 27.7 Å². The molecular formula is C12H16BrNO2S2. The number of sulfone groups is 1. The van der Waals surface area contributed by atoms with Crippen molar-refractivity contribution in [1.82, 2.24) is 5.32 Å². The van der Waals surface area contributed by atoms with E-state index in [1.807, 2.05) is 18.2 Å². The van der Waals surface area contributed by atoms with E-state index in [2.05, 4.69) is 27.3 Å². The Hall–Kier alpha value is -0.0400. The molecule has 1 aliphatic heterocycles. The Labute approximate surface area is 121 Å². The van der Waals surface area contributed by atoms with Crippen LogP contribution in [-0.2, 0) is 9.84 Å². The molecule has 1 aromatic carbocycles. The quantitative estimate of drug-likeness (QED) is 0.654. The Kier molecular flexibility index (Phi) is 5.12. The van der Waals surface area contributed by atoms with E-state index in [4.69, 9.17) is 0 Å². The Morgan fingerprint density at radius 3 is 2.83 bits per heavy atom. The van der Waals surface area contributed by atoms with Gasteiger partial charge in [-0.3, -0.25) is 0 Å². The van der Waals surface area contributed by atoms with Crippen LogP contribution in [-0.4, -0.2) is 38.3 Å². The molecule has 2 rings (SSSR count). The highest BCUT2D eigenvalue weighted by Crippen LogP contribution is 2.26. The Morgan fingerprint density at radius 2 is 2.17 bits per heavy atom. The number of rotatable bonds is 5. The van der Waals surface area contributed by atoms with Crippen molar-refractivity contribution in [2.45, 2.75) is 17.4 Å². The topological polar surface area (TPSA) is 46.2 Å². The molecule has 1 unspecified atom stereocenters. The first-order chi connectivity index (χ1) is 8.57. The summed E-state index contributed by atoms with van der Waals surface area (Å²) in [7, 11) is -2.77. The predicted molar refractivity (Wildman–Crippen MR) is 79.9 cm³/mol. The molecule has 100 valence electrons. The van der Waals surface area contributed by atoms with Crippen LogP contribution in [0.25, 0.3) is 0 Å². The number of hydrogen-bond donors (Lipinski definition) is 1. The third kappa shape index (κ3) is 4.26. The lowest BCUT2D eigenvalue weighted by Crippen LogP contribution is -2.31. The van der Waals surface area contributed by atoms with Crippen LogP contribution < -0.4 is 5.32 Å². The lowest BCUT2D eigenvalue weighted by molar-refractivity contribution is 0.575. The van der Waals surface area contributed by atoms with E-state index in [1.54, 1.807) is 11.8 Å². The van der Waals surface area contributed by atoms with Gasteiger partial charge in [-0.15, -0.1) is 11.8 Å². The first kappa shape index (κ1) is 14.4. The normalized spacial score (nSPS) is 22.2. The predicted octanol–water partition coefficient (Wildman–Crippen LogP) is 2.32. The molecular weight excluding hydrogens is 334 g/mol. The molecule has 1 fully saturated rings. The summed E-state index contributed by atoms with van der Waals surface area (Å²) in [6.45, 7) is 0.839. The van der Waals surface area contributed by atoms with Gasteiger partial charge in [0.25, 0.3) is 0 Å².